The Labute approximate surface area is 86.3 Å². The Kier molecular flexibility index (Phi) is 5.71. The highest BCUT2D eigenvalue weighted by atomic mass is 16.5. The van der Waals surface area contributed by atoms with Crippen molar-refractivity contribution in [3.63, 3.8) is 0 Å². The second kappa shape index (κ2) is 6.26. The van der Waals surface area contributed by atoms with Crippen molar-refractivity contribution in [1.82, 2.24) is 0 Å². The minimum Gasteiger partial charge on any atom is -0.449 e. The lowest BCUT2D eigenvalue weighted by molar-refractivity contribution is -0.145. The molecule has 0 spiro atoms. The van der Waals surface area contributed by atoms with Crippen LogP contribution >= 0.6 is 0 Å². The zero-order chi connectivity index (χ0) is 11.1. The van der Waals surface area contributed by atoms with Gasteiger partial charge in [0.2, 0.25) is 0 Å². The van der Waals surface area contributed by atoms with E-state index in [2.05, 4.69) is 12.0 Å². The molecule has 2 atom stereocenters. The Morgan fingerprint density at radius 2 is 2.07 bits per heavy atom. The van der Waals surface area contributed by atoms with Crippen LogP contribution < -0.4 is 0 Å². The SMILES string of the molecule is C#CC(OC(C)=O)C(C)CC=C(C)C. The average Bonchev–Trinajstić information content (AvgIpc) is 2.09. The van der Waals surface area contributed by atoms with Gasteiger partial charge in [-0.15, -0.1) is 6.42 Å². The van der Waals surface area contributed by atoms with Crippen LogP contribution in [0.2, 0.25) is 0 Å². The number of carbonyl (C=O) groups excluding carboxylic acids is 1. The maximum absolute atomic E-state index is 10.7. The van der Waals surface area contributed by atoms with Crippen molar-refractivity contribution in [2.45, 2.75) is 40.2 Å². The van der Waals surface area contributed by atoms with Gasteiger partial charge in [-0.25, -0.2) is 0 Å². The van der Waals surface area contributed by atoms with Crippen molar-refractivity contribution in [3.8, 4) is 12.3 Å². The summed E-state index contributed by atoms with van der Waals surface area (Å²) in [5.74, 6) is 2.33. The van der Waals surface area contributed by atoms with Crippen LogP contribution in [-0.2, 0) is 9.53 Å². The molecule has 0 aliphatic rings. The normalized spacial score (nSPS) is 13.6. The molecule has 0 rings (SSSR count). The summed E-state index contributed by atoms with van der Waals surface area (Å²) in [4.78, 5) is 10.7. The van der Waals surface area contributed by atoms with Crippen LogP contribution in [0.3, 0.4) is 0 Å². The number of hydrogen-bond acceptors (Lipinski definition) is 2. The summed E-state index contributed by atoms with van der Waals surface area (Å²) in [6, 6.07) is 0. The van der Waals surface area contributed by atoms with E-state index in [1.54, 1.807) is 0 Å². The van der Waals surface area contributed by atoms with E-state index in [4.69, 9.17) is 11.2 Å². The molecule has 0 aromatic carbocycles. The Morgan fingerprint density at radius 1 is 1.50 bits per heavy atom. The quantitative estimate of drug-likeness (QED) is 0.390. The molecule has 0 saturated carbocycles. The number of ether oxygens (including phenoxy) is 1. The predicted molar refractivity (Wildman–Crippen MR) is 57.6 cm³/mol. The topological polar surface area (TPSA) is 26.3 Å². The second-order valence-corrected chi connectivity index (χ2v) is 3.69. The fourth-order valence-electron chi connectivity index (χ4n) is 1.04. The van der Waals surface area contributed by atoms with Gasteiger partial charge in [0.05, 0.1) is 0 Å². The van der Waals surface area contributed by atoms with E-state index >= 15 is 0 Å². The highest BCUT2D eigenvalue weighted by Gasteiger charge is 2.16. The molecule has 0 aliphatic carbocycles. The molecule has 2 unspecified atom stereocenters. The van der Waals surface area contributed by atoms with Gasteiger partial charge in [0.25, 0.3) is 0 Å². The maximum atomic E-state index is 10.7. The predicted octanol–water partition coefficient (Wildman–Crippen LogP) is 2.54. The molecule has 2 nitrogen and oxygen atoms in total. The average molecular weight is 194 g/mol. The summed E-state index contributed by atoms with van der Waals surface area (Å²) >= 11 is 0. The molecule has 0 aromatic heterocycles. The summed E-state index contributed by atoms with van der Waals surface area (Å²) in [5, 5.41) is 0. The molecule has 0 bridgehead atoms. The zero-order valence-electron chi connectivity index (χ0n) is 9.33. The van der Waals surface area contributed by atoms with Gasteiger partial charge < -0.3 is 4.74 Å². The summed E-state index contributed by atoms with van der Waals surface area (Å²) in [6.45, 7) is 7.41. The van der Waals surface area contributed by atoms with Gasteiger partial charge >= 0.3 is 5.97 Å². The fraction of sp³-hybridized carbons (Fsp3) is 0.583. The first kappa shape index (κ1) is 12.8. The summed E-state index contributed by atoms with van der Waals surface area (Å²) < 4.78 is 4.99. The molecular formula is C12H18O2. The summed E-state index contributed by atoms with van der Waals surface area (Å²) in [7, 11) is 0. The third-order valence-corrected chi connectivity index (χ3v) is 1.87. The molecule has 0 aromatic rings. The third-order valence-electron chi connectivity index (χ3n) is 1.87. The lowest BCUT2D eigenvalue weighted by Gasteiger charge is -2.17. The van der Waals surface area contributed by atoms with Crippen LogP contribution in [0, 0.1) is 18.3 Å². The zero-order valence-corrected chi connectivity index (χ0v) is 9.33. The van der Waals surface area contributed by atoms with Crippen molar-refractivity contribution in [3.05, 3.63) is 11.6 Å². The number of allylic oxidation sites excluding steroid dienone is 2. The van der Waals surface area contributed by atoms with Gasteiger partial charge in [0.15, 0.2) is 6.10 Å². The molecule has 0 heterocycles. The van der Waals surface area contributed by atoms with E-state index < -0.39 is 6.10 Å². The van der Waals surface area contributed by atoms with E-state index in [1.165, 1.54) is 12.5 Å². The van der Waals surface area contributed by atoms with Gasteiger partial charge in [0, 0.05) is 12.8 Å². The molecule has 0 saturated heterocycles. The largest absolute Gasteiger partial charge is 0.449 e. The Morgan fingerprint density at radius 3 is 2.43 bits per heavy atom. The number of carbonyl (C=O) groups is 1. The monoisotopic (exact) mass is 194 g/mol. The van der Waals surface area contributed by atoms with Gasteiger partial charge in [0.1, 0.15) is 0 Å². The first-order valence-electron chi connectivity index (χ1n) is 4.74. The maximum Gasteiger partial charge on any atom is 0.303 e. The van der Waals surface area contributed by atoms with E-state index in [0.717, 1.165) is 6.42 Å². The van der Waals surface area contributed by atoms with Crippen molar-refractivity contribution < 1.29 is 9.53 Å². The minimum atomic E-state index is -0.414. The van der Waals surface area contributed by atoms with Crippen molar-refractivity contribution in [2.75, 3.05) is 0 Å². The number of hydrogen-bond donors (Lipinski definition) is 0. The molecule has 0 radical (unpaired) electrons. The van der Waals surface area contributed by atoms with E-state index in [1.807, 2.05) is 20.8 Å². The molecular weight excluding hydrogens is 176 g/mol. The lowest BCUT2D eigenvalue weighted by Crippen LogP contribution is -2.22. The fourth-order valence-corrected chi connectivity index (χ4v) is 1.04. The van der Waals surface area contributed by atoms with E-state index in [9.17, 15) is 4.79 Å². The van der Waals surface area contributed by atoms with Crippen molar-refractivity contribution in [1.29, 1.82) is 0 Å². The standard InChI is InChI=1S/C12H18O2/c1-6-12(14-11(5)13)10(4)8-7-9(2)3/h1,7,10,12H,8H2,2-5H3. The second-order valence-electron chi connectivity index (χ2n) is 3.69. The molecule has 78 valence electrons. The van der Waals surface area contributed by atoms with Crippen LogP contribution in [0.5, 0.6) is 0 Å². The van der Waals surface area contributed by atoms with Gasteiger partial charge in [-0.1, -0.05) is 24.5 Å². The van der Waals surface area contributed by atoms with Crippen LogP contribution in [0.25, 0.3) is 0 Å². The van der Waals surface area contributed by atoms with Crippen molar-refractivity contribution >= 4 is 5.97 Å². The Hall–Kier alpha value is -1.23. The van der Waals surface area contributed by atoms with Gasteiger partial charge in [-0.3, -0.25) is 4.79 Å². The van der Waals surface area contributed by atoms with Gasteiger partial charge in [-0.05, 0) is 20.3 Å². The highest BCUT2D eigenvalue weighted by Crippen LogP contribution is 2.13. The Bertz CT molecular complexity index is 254. The molecule has 2 heteroatoms. The lowest BCUT2D eigenvalue weighted by atomic mass is 10.00. The number of terminal acetylenes is 1. The van der Waals surface area contributed by atoms with E-state index in [-0.39, 0.29) is 11.9 Å². The number of esters is 1. The van der Waals surface area contributed by atoms with Crippen LogP contribution in [-0.4, -0.2) is 12.1 Å². The smallest absolute Gasteiger partial charge is 0.303 e. The first-order valence-corrected chi connectivity index (χ1v) is 4.74. The molecule has 0 N–H and O–H groups in total. The summed E-state index contributed by atoms with van der Waals surface area (Å²) in [6.07, 6.45) is 7.80. The Balaban J connectivity index is 4.19. The molecule has 14 heavy (non-hydrogen) atoms. The third kappa shape index (κ3) is 5.42. The number of rotatable bonds is 4. The highest BCUT2D eigenvalue weighted by molar-refractivity contribution is 5.66. The molecule has 0 aliphatic heterocycles. The minimum absolute atomic E-state index is 0.166. The van der Waals surface area contributed by atoms with Crippen LogP contribution in [0.15, 0.2) is 11.6 Å². The van der Waals surface area contributed by atoms with Crippen molar-refractivity contribution in [2.24, 2.45) is 5.92 Å². The molecule has 0 fully saturated rings. The first-order chi connectivity index (χ1) is 6.47. The van der Waals surface area contributed by atoms with E-state index in [0.29, 0.717) is 0 Å². The molecule has 0 amide bonds. The van der Waals surface area contributed by atoms with Crippen LogP contribution in [0.4, 0.5) is 0 Å². The van der Waals surface area contributed by atoms with Gasteiger partial charge in [-0.2, -0.15) is 0 Å². The summed E-state index contributed by atoms with van der Waals surface area (Å²) in [5.41, 5.74) is 1.25. The van der Waals surface area contributed by atoms with Crippen LogP contribution in [0.1, 0.15) is 34.1 Å².